The molecule has 0 bridgehead atoms. The molecule has 0 radical (unpaired) electrons. The third-order valence-electron chi connectivity index (χ3n) is 3.82. The molecule has 19 heavy (non-hydrogen) atoms. The lowest BCUT2D eigenvalue weighted by Gasteiger charge is -2.35. The van der Waals surface area contributed by atoms with Crippen LogP contribution in [0.4, 0.5) is 0 Å². The first-order valence-corrected chi connectivity index (χ1v) is 6.84. The molecule has 0 aliphatic carbocycles. The lowest BCUT2D eigenvalue weighted by atomic mass is 9.96. The molecule has 1 heterocycles. The van der Waals surface area contributed by atoms with Gasteiger partial charge < -0.3 is 10.4 Å². The van der Waals surface area contributed by atoms with E-state index in [0.717, 1.165) is 31.5 Å². The van der Waals surface area contributed by atoms with Gasteiger partial charge in [-0.2, -0.15) is 0 Å². The van der Waals surface area contributed by atoms with Gasteiger partial charge in [0.25, 0.3) is 0 Å². The maximum absolute atomic E-state index is 11.6. The van der Waals surface area contributed by atoms with E-state index >= 15 is 0 Å². The lowest BCUT2D eigenvalue weighted by molar-refractivity contribution is -0.595. The molecule has 1 fully saturated rings. The van der Waals surface area contributed by atoms with E-state index in [1.165, 1.54) is 6.42 Å². The van der Waals surface area contributed by atoms with E-state index in [9.17, 15) is 5.21 Å². The van der Waals surface area contributed by atoms with Crippen LogP contribution in [0, 0.1) is 5.21 Å². The first-order valence-electron chi connectivity index (χ1n) is 6.84. The Balaban J connectivity index is 2.27. The van der Waals surface area contributed by atoms with Crippen LogP contribution in [0.5, 0.6) is 0 Å². The SMILES string of the molecule is CC(C(c1ccccc1)N1CCCCC1)/[N+]([O-])=N\O. The maximum Gasteiger partial charge on any atom is 0.210 e. The van der Waals surface area contributed by atoms with Gasteiger partial charge in [0.1, 0.15) is 6.04 Å². The second-order valence-electron chi connectivity index (χ2n) is 5.08. The number of hydroxylamine groups is 1. The Morgan fingerprint density at radius 2 is 1.84 bits per heavy atom. The third kappa shape index (κ3) is 3.23. The van der Waals surface area contributed by atoms with Crippen molar-refractivity contribution in [3.05, 3.63) is 41.1 Å². The highest BCUT2D eigenvalue weighted by molar-refractivity contribution is 5.20. The summed E-state index contributed by atoms with van der Waals surface area (Å²) in [6.07, 6.45) is 3.56. The normalized spacial score (nSPS) is 21.0. The van der Waals surface area contributed by atoms with E-state index in [0.29, 0.717) is 4.86 Å². The Hall–Kier alpha value is -1.62. The summed E-state index contributed by atoms with van der Waals surface area (Å²) in [6, 6.07) is 9.53. The fourth-order valence-corrected chi connectivity index (χ4v) is 2.84. The molecule has 0 saturated carbocycles. The van der Waals surface area contributed by atoms with Gasteiger partial charge in [-0.1, -0.05) is 41.6 Å². The summed E-state index contributed by atoms with van der Waals surface area (Å²) in [6.45, 7) is 3.78. The van der Waals surface area contributed by atoms with Crippen LogP contribution >= 0.6 is 0 Å². The van der Waals surface area contributed by atoms with Crippen LogP contribution in [0.1, 0.15) is 37.8 Å². The number of benzene rings is 1. The Morgan fingerprint density at radius 1 is 1.21 bits per heavy atom. The predicted molar refractivity (Wildman–Crippen MR) is 71.9 cm³/mol. The largest absolute Gasteiger partial charge is 0.597 e. The van der Waals surface area contributed by atoms with Gasteiger partial charge in [0, 0.05) is 6.92 Å². The molecule has 1 aromatic carbocycles. The molecule has 1 aliphatic rings. The molecule has 104 valence electrons. The fraction of sp³-hybridized carbons (Fsp3) is 0.571. The minimum Gasteiger partial charge on any atom is -0.597 e. The number of rotatable bonds is 4. The van der Waals surface area contributed by atoms with Crippen molar-refractivity contribution in [3.63, 3.8) is 0 Å². The van der Waals surface area contributed by atoms with Gasteiger partial charge >= 0.3 is 0 Å². The lowest BCUT2D eigenvalue weighted by Crippen LogP contribution is -2.41. The van der Waals surface area contributed by atoms with E-state index in [1.807, 2.05) is 30.3 Å². The van der Waals surface area contributed by atoms with Crippen molar-refractivity contribution in [3.8, 4) is 0 Å². The summed E-state index contributed by atoms with van der Waals surface area (Å²) in [4.78, 5) is 2.71. The molecule has 0 spiro atoms. The van der Waals surface area contributed by atoms with E-state index in [4.69, 9.17) is 5.21 Å². The van der Waals surface area contributed by atoms with Crippen LogP contribution in [0.25, 0.3) is 0 Å². The number of hydrogen-bond acceptors (Lipinski definition) is 3. The molecule has 1 saturated heterocycles. The standard InChI is InChI=1S/C14H21N3O2/c1-12(17(19)15-18)14(13-8-4-2-5-9-13)16-10-6-3-7-11-16/h2,4-5,8-9,12,14,18H,3,6-7,10-11H2,1H3/b17-15+. The van der Waals surface area contributed by atoms with Crippen LogP contribution in [0.2, 0.25) is 0 Å². The molecule has 0 amide bonds. The highest BCUT2D eigenvalue weighted by atomic mass is 16.6. The molecular weight excluding hydrogens is 242 g/mol. The number of likely N-dealkylation sites (tertiary alicyclic amines) is 1. The minimum atomic E-state index is -0.412. The van der Waals surface area contributed by atoms with Gasteiger partial charge in [0.2, 0.25) is 6.04 Å². The second kappa shape index (κ2) is 6.52. The van der Waals surface area contributed by atoms with Crippen LogP contribution in [0.3, 0.4) is 0 Å². The number of piperidine rings is 1. The van der Waals surface area contributed by atoms with Crippen molar-refractivity contribution in [2.75, 3.05) is 13.1 Å². The third-order valence-corrected chi connectivity index (χ3v) is 3.82. The molecule has 5 nitrogen and oxygen atoms in total. The van der Waals surface area contributed by atoms with Crippen molar-refractivity contribution in [1.29, 1.82) is 0 Å². The summed E-state index contributed by atoms with van der Waals surface area (Å²) in [5.74, 6) is 0. The zero-order chi connectivity index (χ0) is 13.7. The number of nitrogens with zero attached hydrogens (tertiary/aromatic N) is 3. The highest BCUT2D eigenvalue weighted by Gasteiger charge is 2.33. The summed E-state index contributed by atoms with van der Waals surface area (Å²) < 4.78 is 0. The van der Waals surface area contributed by atoms with E-state index in [2.05, 4.69) is 10.2 Å². The highest BCUT2D eigenvalue weighted by Crippen LogP contribution is 2.28. The second-order valence-corrected chi connectivity index (χ2v) is 5.08. The van der Waals surface area contributed by atoms with Gasteiger partial charge in [-0.3, -0.25) is 4.90 Å². The molecule has 1 aliphatic heterocycles. The molecular formula is C14H21N3O2. The first kappa shape index (κ1) is 13.8. The maximum atomic E-state index is 11.6. The van der Waals surface area contributed by atoms with Crippen LogP contribution in [-0.2, 0) is 0 Å². The zero-order valence-electron chi connectivity index (χ0n) is 11.3. The monoisotopic (exact) mass is 263 g/mol. The molecule has 0 aromatic heterocycles. The predicted octanol–water partition coefficient (Wildman–Crippen LogP) is 2.95. The van der Waals surface area contributed by atoms with Crippen molar-refractivity contribution in [2.45, 2.75) is 38.3 Å². The van der Waals surface area contributed by atoms with Crippen molar-refractivity contribution >= 4 is 0 Å². The zero-order valence-corrected chi connectivity index (χ0v) is 11.3. The summed E-state index contributed by atoms with van der Waals surface area (Å²) >= 11 is 0. The molecule has 1 N–H and O–H groups in total. The van der Waals surface area contributed by atoms with Gasteiger partial charge in [0.15, 0.2) is 5.28 Å². The summed E-state index contributed by atoms with van der Waals surface area (Å²) in [7, 11) is 0. The van der Waals surface area contributed by atoms with Crippen LogP contribution in [0.15, 0.2) is 35.6 Å². The van der Waals surface area contributed by atoms with Crippen molar-refractivity contribution in [2.24, 2.45) is 5.28 Å². The Labute approximate surface area is 113 Å². The van der Waals surface area contributed by atoms with Crippen molar-refractivity contribution < 1.29 is 10.1 Å². The Bertz CT molecular complexity index is 416. The average molecular weight is 263 g/mol. The van der Waals surface area contributed by atoms with Crippen LogP contribution in [-0.4, -0.2) is 34.1 Å². The molecule has 1 aromatic rings. The Kier molecular flexibility index (Phi) is 4.74. The van der Waals surface area contributed by atoms with E-state index < -0.39 is 6.04 Å². The summed E-state index contributed by atoms with van der Waals surface area (Å²) in [5.41, 5.74) is 1.10. The van der Waals surface area contributed by atoms with Gasteiger partial charge in [-0.05, 0) is 31.5 Å². The summed E-state index contributed by atoms with van der Waals surface area (Å²) in [5, 5.41) is 23.1. The minimum absolute atomic E-state index is 0.0325. The smallest absolute Gasteiger partial charge is 0.210 e. The molecule has 2 rings (SSSR count). The average Bonchev–Trinajstić information content (AvgIpc) is 2.49. The van der Waals surface area contributed by atoms with E-state index in [1.54, 1.807) is 6.92 Å². The van der Waals surface area contributed by atoms with Gasteiger partial charge in [-0.25, -0.2) is 0 Å². The molecule has 2 unspecified atom stereocenters. The molecule has 2 atom stereocenters. The van der Waals surface area contributed by atoms with Crippen molar-refractivity contribution in [1.82, 2.24) is 4.90 Å². The quantitative estimate of drug-likeness (QED) is 0.516. The van der Waals surface area contributed by atoms with E-state index in [-0.39, 0.29) is 6.04 Å². The van der Waals surface area contributed by atoms with Crippen LogP contribution < -0.4 is 0 Å². The Morgan fingerprint density at radius 3 is 2.42 bits per heavy atom. The van der Waals surface area contributed by atoms with Gasteiger partial charge in [-0.15, -0.1) is 0 Å². The molecule has 5 heteroatoms. The number of hydrogen-bond donors (Lipinski definition) is 1. The topological polar surface area (TPSA) is 61.9 Å². The fourth-order valence-electron chi connectivity index (χ4n) is 2.84. The van der Waals surface area contributed by atoms with Gasteiger partial charge in [0.05, 0.1) is 0 Å². The first-order chi connectivity index (χ1) is 9.24.